The second kappa shape index (κ2) is 4.37. The van der Waals surface area contributed by atoms with Crippen LogP contribution in [0.4, 0.5) is 0 Å². The number of aliphatic hydroxyl groups is 2. The lowest BCUT2D eigenvalue weighted by molar-refractivity contribution is -0.206. The second-order valence-corrected chi connectivity index (χ2v) is 3.80. The maximum absolute atomic E-state index is 9.60. The van der Waals surface area contributed by atoms with Crippen LogP contribution < -0.4 is 0 Å². The average molecular weight is 190 g/mol. The monoisotopic (exact) mass is 190 g/mol. The van der Waals surface area contributed by atoms with E-state index in [2.05, 4.69) is 0 Å². The van der Waals surface area contributed by atoms with Crippen molar-refractivity contribution in [3.63, 3.8) is 0 Å². The van der Waals surface area contributed by atoms with Gasteiger partial charge in [0.15, 0.2) is 0 Å². The highest BCUT2D eigenvalue weighted by atomic mass is 16.6. The molecular weight excluding hydrogens is 172 g/mol. The summed E-state index contributed by atoms with van der Waals surface area (Å²) in [5.74, 6) is 0.270. The molecule has 4 heteroatoms. The Balaban J connectivity index is 2.66. The van der Waals surface area contributed by atoms with Crippen LogP contribution in [0.2, 0.25) is 0 Å². The summed E-state index contributed by atoms with van der Waals surface area (Å²) in [7, 11) is 1.52. The second-order valence-electron chi connectivity index (χ2n) is 3.80. The molecule has 0 aromatic carbocycles. The fourth-order valence-corrected chi connectivity index (χ4v) is 1.66. The van der Waals surface area contributed by atoms with Gasteiger partial charge in [-0.1, -0.05) is 13.8 Å². The van der Waals surface area contributed by atoms with Crippen molar-refractivity contribution in [2.45, 2.75) is 38.3 Å². The van der Waals surface area contributed by atoms with Gasteiger partial charge in [-0.05, 0) is 5.92 Å². The van der Waals surface area contributed by atoms with E-state index in [9.17, 15) is 10.2 Å². The predicted molar refractivity (Wildman–Crippen MR) is 47.4 cm³/mol. The van der Waals surface area contributed by atoms with Crippen LogP contribution in [-0.2, 0) is 9.47 Å². The Labute approximate surface area is 78.5 Å². The number of methoxy groups -OCH3 is 1. The largest absolute Gasteiger partial charge is 0.388 e. The van der Waals surface area contributed by atoms with Crippen molar-refractivity contribution in [3.8, 4) is 0 Å². The third-order valence-corrected chi connectivity index (χ3v) is 2.44. The third kappa shape index (κ3) is 2.20. The lowest BCUT2D eigenvalue weighted by Crippen LogP contribution is -2.55. The van der Waals surface area contributed by atoms with Gasteiger partial charge in [0.25, 0.3) is 0 Å². The Bertz CT molecular complexity index is 160. The average Bonchev–Trinajstić information content (AvgIpc) is 2.09. The van der Waals surface area contributed by atoms with Gasteiger partial charge in [-0.2, -0.15) is 0 Å². The van der Waals surface area contributed by atoms with Crippen molar-refractivity contribution in [3.05, 3.63) is 0 Å². The van der Waals surface area contributed by atoms with Gasteiger partial charge >= 0.3 is 0 Å². The molecule has 13 heavy (non-hydrogen) atoms. The summed E-state index contributed by atoms with van der Waals surface area (Å²) < 4.78 is 10.5. The van der Waals surface area contributed by atoms with Crippen LogP contribution in [0.25, 0.3) is 0 Å². The van der Waals surface area contributed by atoms with Crippen molar-refractivity contribution in [1.82, 2.24) is 0 Å². The smallest absolute Gasteiger partial charge is 0.112 e. The van der Waals surface area contributed by atoms with E-state index >= 15 is 0 Å². The van der Waals surface area contributed by atoms with Gasteiger partial charge in [0.1, 0.15) is 18.3 Å². The summed E-state index contributed by atoms with van der Waals surface area (Å²) in [6, 6.07) is 0. The summed E-state index contributed by atoms with van der Waals surface area (Å²) in [5.41, 5.74) is 0. The minimum Gasteiger partial charge on any atom is -0.388 e. The minimum atomic E-state index is -0.842. The minimum absolute atomic E-state index is 0.136. The van der Waals surface area contributed by atoms with Crippen LogP contribution in [-0.4, -0.2) is 48.3 Å². The zero-order valence-corrected chi connectivity index (χ0v) is 8.30. The maximum Gasteiger partial charge on any atom is 0.112 e. The molecule has 1 unspecified atom stereocenters. The van der Waals surface area contributed by atoms with Crippen molar-refractivity contribution >= 4 is 0 Å². The maximum atomic E-state index is 9.60. The third-order valence-electron chi connectivity index (χ3n) is 2.44. The van der Waals surface area contributed by atoms with Gasteiger partial charge in [0, 0.05) is 7.11 Å². The van der Waals surface area contributed by atoms with Crippen molar-refractivity contribution in [2.24, 2.45) is 5.92 Å². The van der Waals surface area contributed by atoms with E-state index in [1.165, 1.54) is 7.11 Å². The summed E-state index contributed by atoms with van der Waals surface area (Å²) in [5, 5.41) is 18.9. The van der Waals surface area contributed by atoms with Crippen LogP contribution in [0.5, 0.6) is 0 Å². The molecule has 0 aliphatic carbocycles. The fourth-order valence-electron chi connectivity index (χ4n) is 1.66. The molecule has 1 heterocycles. The van der Waals surface area contributed by atoms with Crippen LogP contribution >= 0.6 is 0 Å². The molecule has 0 aromatic rings. The van der Waals surface area contributed by atoms with Crippen LogP contribution in [0.15, 0.2) is 0 Å². The number of aliphatic hydroxyl groups excluding tert-OH is 2. The van der Waals surface area contributed by atoms with Crippen LogP contribution in [0, 0.1) is 5.92 Å². The first kappa shape index (κ1) is 10.9. The van der Waals surface area contributed by atoms with E-state index in [4.69, 9.17) is 9.47 Å². The van der Waals surface area contributed by atoms with E-state index in [-0.39, 0.29) is 18.6 Å². The topological polar surface area (TPSA) is 58.9 Å². The van der Waals surface area contributed by atoms with Crippen LogP contribution in [0.1, 0.15) is 13.8 Å². The summed E-state index contributed by atoms with van der Waals surface area (Å²) in [4.78, 5) is 0. The van der Waals surface area contributed by atoms with Gasteiger partial charge in [-0.3, -0.25) is 0 Å². The molecule has 0 radical (unpaired) electrons. The first-order valence-corrected chi connectivity index (χ1v) is 4.58. The van der Waals surface area contributed by atoms with Crippen molar-refractivity contribution in [1.29, 1.82) is 0 Å². The quantitative estimate of drug-likeness (QED) is 0.632. The summed E-state index contributed by atoms with van der Waals surface area (Å²) >= 11 is 0. The van der Waals surface area contributed by atoms with Crippen LogP contribution in [0.3, 0.4) is 0 Å². The van der Waals surface area contributed by atoms with E-state index in [0.29, 0.717) is 0 Å². The zero-order valence-electron chi connectivity index (χ0n) is 8.30. The lowest BCUT2D eigenvalue weighted by atomic mass is 9.92. The molecule has 1 saturated heterocycles. The van der Waals surface area contributed by atoms with Gasteiger partial charge < -0.3 is 19.7 Å². The standard InChI is InChI=1S/C9H18O4/c1-5(2)8-9(12-3)7(11)6(10)4-13-8/h5-11H,4H2,1-3H3/t6-,7+,8?,9-/m1/s1. The molecule has 0 aromatic heterocycles. The van der Waals surface area contributed by atoms with Gasteiger partial charge in [0.05, 0.1) is 12.7 Å². The molecular formula is C9H18O4. The first-order valence-electron chi connectivity index (χ1n) is 4.58. The van der Waals surface area contributed by atoms with Crippen molar-refractivity contribution in [2.75, 3.05) is 13.7 Å². The van der Waals surface area contributed by atoms with Crippen molar-refractivity contribution < 1.29 is 19.7 Å². The highest BCUT2D eigenvalue weighted by Crippen LogP contribution is 2.23. The Hall–Kier alpha value is -0.160. The molecule has 1 aliphatic heterocycles. The van der Waals surface area contributed by atoms with E-state index < -0.39 is 18.3 Å². The molecule has 4 atom stereocenters. The Morgan fingerprint density at radius 1 is 1.38 bits per heavy atom. The number of hydrogen-bond donors (Lipinski definition) is 2. The fraction of sp³-hybridized carbons (Fsp3) is 1.00. The molecule has 1 aliphatic rings. The molecule has 4 nitrogen and oxygen atoms in total. The summed E-state index contributed by atoms with van der Waals surface area (Å²) in [6.45, 7) is 4.19. The SMILES string of the molecule is CO[C@H]1C(C(C)C)OC[C@@H](O)[C@@H]1O. The predicted octanol–water partition coefficient (Wildman–Crippen LogP) is -0.222. The van der Waals surface area contributed by atoms with E-state index in [0.717, 1.165) is 0 Å². The van der Waals surface area contributed by atoms with Gasteiger partial charge in [0.2, 0.25) is 0 Å². The molecule has 1 fully saturated rings. The summed E-state index contributed by atoms with van der Waals surface area (Å²) in [6.07, 6.45) is -2.24. The Morgan fingerprint density at radius 3 is 2.46 bits per heavy atom. The molecule has 0 saturated carbocycles. The molecule has 0 spiro atoms. The number of hydrogen-bond acceptors (Lipinski definition) is 4. The van der Waals surface area contributed by atoms with Gasteiger partial charge in [-0.25, -0.2) is 0 Å². The first-order chi connectivity index (χ1) is 6.07. The lowest BCUT2D eigenvalue weighted by Gasteiger charge is -2.39. The highest BCUT2D eigenvalue weighted by Gasteiger charge is 2.40. The number of rotatable bonds is 2. The normalized spacial score (nSPS) is 41.1. The molecule has 0 amide bonds. The Morgan fingerprint density at radius 2 is 2.00 bits per heavy atom. The van der Waals surface area contributed by atoms with Gasteiger partial charge in [-0.15, -0.1) is 0 Å². The van der Waals surface area contributed by atoms with E-state index in [1.807, 2.05) is 13.8 Å². The number of ether oxygens (including phenoxy) is 2. The highest BCUT2D eigenvalue weighted by molar-refractivity contribution is 4.88. The van der Waals surface area contributed by atoms with E-state index in [1.54, 1.807) is 0 Å². The Kier molecular flexibility index (Phi) is 3.67. The zero-order chi connectivity index (χ0) is 10.0. The molecule has 78 valence electrons. The molecule has 0 bridgehead atoms. The molecule has 1 rings (SSSR count). The molecule has 2 N–H and O–H groups in total.